The molecule has 13 heavy (non-hydrogen) atoms. The fourth-order valence-electron chi connectivity index (χ4n) is 1.22. The van der Waals surface area contributed by atoms with Crippen molar-refractivity contribution in [2.24, 2.45) is 0 Å². The number of ether oxygens (including phenoxy) is 1. The van der Waals surface area contributed by atoms with E-state index in [4.69, 9.17) is 4.74 Å². The number of aromatic nitrogens is 3. The van der Waals surface area contributed by atoms with E-state index < -0.39 is 0 Å². The van der Waals surface area contributed by atoms with Crippen LogP contribution in [0.4, 0.5) is 0 Å². The van der Waals surface area contributed by atoms with E-state index in [1.54, 1.807) is 11.6 Å². The van der Waals surface area contributed by atoms with E-state index in [0.717, 1.165) is 5.65 Å². The Balaban J connectivity index is 2.49. The third-order valence-electron chi connectivity index (χ3n) is 1.81. The first kappa shape index (κ1) is 8.19. The highest BCUT2D eigenvalue weighted by molar-refractivity contribution is 5.39. The van der Waals surface area contributed by atoms with Crippen LogP contribution >= 0.6 is 0 Å². The zero-order valence-electron chi connectivity index (χ0n) is 7.69. The molecule has 2 aromatic rings. The minimum atomic E-state index is 0.459. The highest BCUT2D eigenvalue weighted by atomic mass is 16.5. The molecule has 2 aromatic heterocycles. The molecule has 0 radical (unpaired) electrons. The lowest BCUT2D eigenvalue weighted by Gasteiger charge is -1.90. The Morgan fingerprint density at radius 1 is 1.54 bits per heavy atom. The SMILES string of the molecule is COCc1nc2cc(C)ccn2n1. The standard InChI is InChI=1S/C9H11N3O/c1-7-3-4-12-9(5-7)10-8(11-12)6-13-2/h3-5H,6H2,1-2H3. The van der Waals surface area contributed by atoms with Crippen molar-refractivity contribution >= 4 is 5.65 Å². The molecule has 0 saturated carbocycles. The molecule has 0 aliphatic heterocycles. The van der Waals surface area contributed by atoms with Gasteiger partial charge in [-0.3, -0.25) is 0 Å². The van der Waals surface area contributed by atoms with Crippen molar-refractivity contribution in [2.75, 3.05) is 7.11 Å². The number of pyridine rings is 1. The van der Waals surface area contributed by atoms with E-state index in [1.807, 2.05) is 25.3 Å². The van der Waals surface area contributed by atoms with E-state index in [9.17, 15) is 0 Å². The summed E-state index contributed by atoms with van der Waals surface area (Å²) in [5.74, 6) is 0.716. The van der Waals surface area contributed by atoms with Gasteiger partial charge < -0.3 is 4.74 Å². The minimum Gasteiger partial charge on any atom is -0.377 e. The maximum atomic E-state index is 4.95. The molecule has 4 heteroatoms. The first-order valence-electron chi connectivity index (χ1n) is 4.10. The summed E-state index contributed by atoms with van der Waals surface area (Å²) < 4.78 is 6.70. The summed E-state index contributed by atoms with van der Waals surface area (Å²) in [6.07, 6.45) is 1.90. The van der Waals surface area contributed by atoms with Crippen molar-refractivity contribution in [1.82, 2.24) is 14.6 Å². The molecule has 0 unspecified atom stereocenters. The van der Waals surface area contributed by atoms with Gasteiger partial charge in [-0.05, 0) is 24.6 Å². The molecule has 68 valence electrons. The van der Waals surface area contributed by atoms with Crippen LogP contribution in [0.15, 0.2) is 18.3 Å². The van der Waals surface area contributed by atoms with E-state index in [0.29, 0.717) is 12.4 Å². The summed E-state index contributed by atoms with van der Waals surface area (Å²) in [6.45, 7) is 2.49. The highest BCUT2D eigenvalue weighted by Gasteiger charge is 2.01. The number of methoxy groups -OCH3 is 1. The lowest BCUT2D eigenvalue weighted by Crippen LogP contribution is -1.91. The summed E-state index contributed by atoms with van der Waals surface area (Å²) in [5, 5.41) is 4.22. The zero-order valence-corrected chi connectivity index (χ0v) is 7.69. The van der Waals surface area contributed by atoms with Crippen molar-refractivity contribution in [3.05, 3.63) is 29.7 Å². The topological polar surface area (TPSA) is 39.4 Å². The van der Waals surface area contributed by atoms with Gasteiger partial charge in [0, 0.05) is 13.3 Å². The zero-order chi connectivity index (χ0) is 9.26. The Hall–Kier alpha value is -1.42. The van der Waals surface area contributed by atoms with E-state index >= 15 is 0 Å². The molecule has 0 aliphatic carbocycles. The van der Waals surface area contributed by atoms with Gasteiger partial charge in [-0.25, -0.2) is 9.50 Å². The van der Waals surface area contributed by atoms with Crippen molar-refractivity contribution in [2.45, 2.75) is 13.5 Å². The highest BCUT2D eigenvalue weighted by Crippen LogP contribution is 2.04. The van der Waals surface area contributed by atoms with Crippen molar-refractivity contribution < 1.29 is 4.74 Å². The van der Waals surface area contributed by atoms with Crippen molar-refractivity contribution in [3.8, 4) is 0 Å². The monoisotopic (exact) mass is 177 g/mol. The van der Waals surface area contributed by atoms with Gasteiger partial charge in [-0.1, -0.05) is 0 Å². The second-order valence-corrected chi connectivity index (χ2v) is 2.97. The molecule has 0 saturated heterocycles. The van der Waals surface area contributed by atoms with Crippen LogP contribution in [0.2, 0.25) is 0 Å². The first-order chi connectivity index (χ1) is 6.29. The maximum absolute atomic E-state index is 4.95. The van der Waals surface area contributed by atoms with E-state index in [1.165, 1.54) is 5.56 Å². The predicted octanol–water partition coefficient (Wildman–Crippen LogP) is 1.18. The van der Waals surface area contributed by atoms with Crippen LogP contribution in [0.25, 0.3) is 5.65 Å². The third-order valence-corrected chi connectivity index (χ3v) is 1.81. The molecule has 0 spiro atoms. The maximum Gasteiger partial charge on any atom is 0.177 e. The molecule has 2 rings (SSSR count). The lowest BCUT2D eigenvalue weighted by atomic mass is 10.3. The summed E-state index contributed by atoms with van der Waals surface area (Å²) in [5.41, 5.74) is 2.05. The van der Waals surface area contributed by atoms with E-state index in [2.05, 4.69) is 10.1 Å². The quantitative estimate of drug-likeness (QED) is 0.691. The third kappa shape index (κ3) is 1.53. The van der Waals surface area contributed by atoms with Gasteiger partial charge in [0.25, 0.3) is 0 Å². The van der Waals surface area contributed by atoms with Crippen molar-refractivity contribution in [3.63, 3.8) is 0 Å². The largest absolute Gasteiger partial charge is 0.377 e. The smallest absolute Gasteiger partial charge is 0.177 e. The van der Waals surface area contributed by atoms with Gasteiger partial charge in [-0.15, -0.1) is 5.10 Å². The van der Waals surface area contributed by atoms with Crippen LogP contribution < -0.4 is 0 Å². The second-order valence-electron chi connectivity index (χ2n) is 2.97. The Bertz CT molecular complexity index is 422. The fourth-order valence-corrected chi connectivity index (χ4v) is 1.22. The van der Waals surface area contributed by atoms with Crippen LogP contribution in [-0.4, -0.2) is 21.7 Å². The average Bonchev–Trinajstić information content (AvgIpc) is 2.46. The lowest BCUT2D eigenvalue weighted by molar-refractivity contribution is 0.178. The van der Waals surface area contributed by atoms with Gasteiger partial charge in [0.1, 0.15) is 6.61 Å². The van der Waals surface area contributed by atoms with Crippen molar-refractivity contribution in [1.29, 1.82) is 0 Å². The fraction of sp³-hybridized carbons (Fsp3) is 0.333. The Morgan fingerprint density at radius 2 is 2.38 bits per heavy atom. The minimum absolute atomic E-state index is 0.459. The average molecular weight is 177 g/mol. The molecule has 0 aliphatic rings. The van der Waals surface area contributed by atoms with Gasteiger partial charge in [0.2, 0.25) is 0 Å². The van der Waals surface area contributed by atoms with Crippen LogP contribution in [-0.2, 0) is 11.3 Å². The molecule has 0 atom stereocenters. The normalized spacial score (nSPS) is 10.9. The van der Waals surface area contributed by atoms with Crippen LogP contribution in [0.3, 0.4) is 0 Å². The predicted molar refractivity (Wildman–Crippen MR) is 48.4 cm³/mol. The first-order valence-corrected chi connectivity index (χ1v) is 4.10. The van der Waals surface area contributed by atoms with Gasteiger partial charge >= 0.3 is 0 Å². The molecular formula is C9H11N3O. The molecule has 0 fully saturated rings. The molecule has 4 nitrogen and oxygen atoms in total. The molecule has 0 N–H and O–H groups in total. The number of hydrogen-bond acceptors (Lipinski definition) is 3. The van der Waals surface area contributed by atoms with E-state index in [-0.39, 0.29) is 0 Å². The Kier molecular flexibility index (Phi) is 1.98. The number of hydrogen-bond donors (Lipinski definition) is 0. The summed E-state index contributed by atoms with van der Waals surface area (Å²) in [7, 11) is 1.64. The Morgan fingerprint density at radius 3 is 3.15 bits per heavy atom. The van der Waals surface area contributed by atoms with Crippen LogP contribution in [0.5, 0.6) is 0 Å². The number of rotatable bonds is 2. The van der Waals surface area contributed by atoms with Gasteiger partial charge in [0.05, 0.1) is 0 Å². The van der Waals surface area contributed by atoms with Gasteiger partial charge in [0.15, 0.2) is 11.5 Å². The molecule has 2 heterocycles. The Labute approximate surface area is 76.2 Å². The van der Waals surface area contributed by atoms with Crippen LogP contribution in [0, 0.1) is 6.92 Å². The second kappa shape index (κ2) is 3.14. The number of fused-ring (bicyclic) bond motifs is 1. The van der Waals surface area contributed by atoms with Crippen LogP contribution in [0.1, 0.15) is 11.4 Å². The summed E-state index contributed by atoms with van der Waals surface area (Å²) >= 11 is 0. The number of nitrogens with zero attached hydrogens (tertiary/aromatic N) is 3. The molecular weight excluding hydrogens is 166 g/mol. The number of aryl methyl sites for hydroxylation is 1. The van der Waals surface area contributed by atoms with Gasteiger partial charge in [-0.2, -0.15) is 0 Å². The molecule has 0 amide bonds. The molecule has 0 aromatic carbocycles. The molecule has 0 bridgehead atoms. The summed E-state index contributed by atoms with van der Waals surface area (Å²) in [6, 6.07) is 3.99. The summed E-state index contributed by atoms with van der Waals surface area (Å²) in [4.78, 5) is 4.29.